The van der Waals surface area contributed by atoms with Crippen molar-refractivity contribution in [3.8, 4) is 0 Å². The molecule has 0 bridgehead atoms. The Morgan fingerprint density at radius 2 is 1.95 bits per heavy atom. The maximum absolute atomic E-state index is 12.0. The van der Waals surface area contributed by atoms with Crippen molar-refractivity contribution in [2.24, 2.45) is 0 Å². The lowest BCUT2D eigenvalue weighted by Crippen LogP contribution is -2.51. The maximum atomic E-state index is 12.0. The van der Waals surface area contributed by atoms with E-state index in [0.717, 1.165) is 11.8 Å². The molecule has 4 N–H and O–H groups in total. The van der Waals surface area contributed by atoms with Crippen LogP contribution in [0.3, 0.4) is 0 Å². The van der Waals surface area contributed by atoms with Crippen molar-refractivity contribution >= 4 is 21.6 Å². The van der Waals surface area contributed by atoms with Gasteiger partial charge < -0.3 is 11.1 Å². The molecule has 0 heterocycles. The number of anilines is 1. The molecule has 6 nitrogen and oxygen atoms in total. The number of nitrogens with one attached hydrogen (secondary N) is 2. The smallest absolute Gasteiger partial charge is 0.251 e. The number of hydrogen-bond donors (Lipinski definition) is 3. The van der Waals surface area contributed by atoms with Crippen LogP contribution in [0.2, 0.25) is 0 Å². The standard InChI is InChI=1S/C13H21N3O3S/c1-9-7-10(5-6-11(9)14)12(17)15-8-13(2,3)16-20(4,18)19/h5-7,16H,8,14H2,1-4H3,(H,15,17). The highest BCUT2D eigenvalue weighted by molar-refractivity contribution is 7.88. The van der Waals surface area contributed by atoms with Gasteiger partial charge in [-0.05, 0) is 44.5 Å². The van der Waals surface area contributed by atoms with E-state index >= 15 is 0 Å². The number of sulfonamides is 1. The Labute approximate surface area is 119 Å². The van der Waals surface area contributed by atoms with E-state index in [4.69, 9.17) is 5.73 Å². The summed E-state index contributed by atoms with van der Waals surface area (Å²) in [5.41, 5.74) is 6.88. The Balaban J connectivity index is 2.69. The van der Waals surface area contributed by atoms with E-state index in [9.17, 15) is 13.2 Å². The lowest BCUT2D eigenvalue weighted by Gasteiger charge is -2.25. The fourth-order valence-electron chi connectivity index (χ4n) is 1.76. The molecule has 7 heteroatoms. The second-order valence-corrected chi connectivity index (χ2v) is 7.26. The molecule has 0 fully saturated rings. The van der Waals surface area contributed by atoms with E-state index in [-0.39, 0.29) is 12.5 Å². The van der Waals surface area contributed by atoms with Gasteiger partial charge in [-0.3, -0.25) is 4.79 Å². The third-order valence-corrected chi connectivity index (χ3v) is 3.61. The van der Waals surface area contributed by atoms with Crippen LogP contribution in [-0.4, -0.2) is 32.7 Å². The lowest BCUT2D eigenvalue weighted by atomic mass is 10.1. The average Bonchev–Trinajstić information content (AvgIpc) is 2.26. The molecule has 0 atom stereocenters. The fraction of sp³-hybridized carbons (Fsp3) is 0.462. The lowest BCUT2D eigenvalue weighted by molar-refractivity contribution is 0.0944. The summed E-state index contributed by atoms with van der Waals surface area (Å²) < 4.78 is 24.9. The van der Waals surface area contributed by atoms with Gasteiger partial charge in [0.25, 0.3) is 5.91 Å². The minimum Gasteiger partial charge on any atom is -0.399 e. The van der Waals surface area contributed by atoms with Crippen LogP contribution in [0.1, 0.15) is 29.8 Å². The first kappa shape index (κ1) is 16.5. The van der Waals surface area contributed by atoms with Crippen molar-refractivity contribution in [3.63, 3.8) is 0 Å². The van der Waals surface area contributed by atoms with Crippen molar-refractivity contribution in [2.75, 3.05) is 18.5 Å². The van der Waals surface area contributed by atoms with Crippen molar-refractivity contribution in [2.45, 2.75) is 26.3 Å². The number of amides is 1. The summed E-state index contributed by atoms with van der Waals surface area (Å²) >= 11 is 0. The zero-order chi connectivity index (χ0) is 15.6. The van der Waals surface area contributed by atoms with Crippen LogP contribution in [0, 0.1) is 6.92 Å². The van der Waals surface area contributed by atoms with Crippen LogP contribution >= 0.6 is 0 Å². The van der Waals surface area contributed by atoms with Gasteiger partial charge in [0.05, 0.1) is 6.26 Å². The molecule has 20 heavy (non-hydrogen) atoms. The van der Waals surface area contributed by atoms with Gasteiger partial charge in [0.2, 0.25) is 10.0 Å². The highest BCUT2D eigenvalue weighted by atomic mass is 32.2. The van der Waals surface area contributed by atoms with Crippen molar-refractivity contribution in [1.29, 1.82) is 0 Å². The number of carbonyl (C=O) groups is 1. The van der Waals surface area contributed by atoms with E-state index in [1.54, 1.807) is 32.0 Å². The van der Waals surface area contributed by atoms with E-state index in [0.29, 0.717) is 11.3 Å². The number of benzene rings is 1. The van der Waals surface area contributed by atoms with Crippen molar-refractivity contribution < 1.29 is 13.2 Å². The third-order valence-electron chi connectivity index (χ3n) is 2.68. The van der Waals surface area contributed by atoms with Gasteiger partial charge in [0.1, 0.15) is 0 Å². The molecule has 1 aromatic carbocycles. The first-order chi connectivity index (χ1) is 9.00. The summed E-state index contributed by atoms with van der Waals surface area (Å²) in [6.07, 6.45) is 1.08. The number of nitrogen functional groups attached to an aromatic ring is 1. The summed E-state index contributed by atoms with van der Waals surface area (Å²) in [6.45, 7) is 5.40. The molecule has 0 saturated heterocycles. The summed E-state index contributed by atoms with van der Waals surface area (Å²) in [6, 6.07) is 5.00. The summed E-state index contributed by atoms with van der Waals surface area (Å²) in [7, 11) is -3.32. The van der Waals surface area contributed by atoms with E-state index < -0.39 is 15.6 Å². The van der Waals surface area contributed by atoms with Crippen LogP contribution in [0.5, 0.6) is 0 Å². The minimum atomic E-state index is -3.32. The number of hydrogen-bond acceptors (Lipinski definition) is 4. The molecule has 0 unspecified atom stereocenters. The van der Waals surface area contributed by atoms with Crippen LogP contribution in [0.15, 0.2) is 18.2 Å². The van der Waals surface area contributed by atoms with Gasteiger partial charge in [0.15, 0.2) is 0 Å². The highest BCUT2D eigenvalue weighted by Gasteiger charge is 2.23. The minimum absolute atomic E-state index is 0.183. The second-order valence-electron chi connectivity index (χ2n) is 5.51. The second kappa shape index (κ2) is 5.80. The molecule has 1 amide bonds. The van der Waals surface area contributed by atoms with Crippen LogP contribution in [0.4, 0.5) is 5.69 Å². The first-order valence-electron chi connectivity index (χ1n) is 6.13. The Morgan fingerprint density at radius 3 is 2.45 bits per heavy atom. The molecular weight excluding hydrogens is 278 g/mol. The number of carbonyl (C=O) groups excluding carboxylic acids is 1. The molecule has 0 radical (unpaired) electrons. The zero-order valence-corrected chi connectivity index (χ0v) is 13.0. The van der Waals surface area contributed by atoms with Gasteiger partial charge >= 0.3 is 0 Å². The summed E-state index contributed by atoms with van der Waals surface area (Å²) in [4.78, 5) is 12.0. The van der Waals surface area contributed by atoms with E-state index in [1.807, 2.05) is 6.92 Å². The monoisotopic (exact) mass is 299 g/mol. The molecule has 0 aliphatic rings. The number of nitrogens with two attached hydrogens (primary N) is 1. The molecule has 0 spiro atoms. The van der Waals surface area contributed by atoms with Gasteiger partial charge in [-0.2, -0.15) is 0 Å². The predicted molar refractivity (Wildman–Crippen MR) is 80.0 cm³/mol. The first-order valence-corrected chi connectivity index (χ1v) is 8.03. The maximum Gasteiger partial charge on any atom is 0.251 e. The Bertz CT molecular complexity index is 609. The third kappa shape index (κ3) is 5.18. The van der Waals surface area contributed by atoms with Crippen LogP contribution < -0.4 is 15.8 Å². The topological polar surface area (TPSA) is 101 Å². The average molecular weight is 299 g/mol. The summed E-state index contributed by atoms with van der Waals surface area (Å²) in [5.74, 6) is -0.267. The largest absolute Gasteiger partial charge is 0.399 e. The Hall–Kier alpha value is -1.60. The molecular formula is C13H21N3O3S. The number of rotatable bonds is 5. The van der Waals surface area contributed by atoms with E-state index in [1.165, 1.54) is 0 Å². The summed E-state index contributed by atoms with van der Waals surface area (Å²) in [5, 5.41) is 2.70. The molecule has 1 rings (SSSR count). The molecule has 0 saturated carbocycles. The normalized spacial score (nSPS) is 12.2. The highest BCUT2D eigenvalue weighted by Crippen LogP contribution is 2.12. The van der Waals surface area contributed by atoms with Crippen molar-refractivity contribution in [3.05, 3.63) is 29.3 Å². The zero-order valence-electron chi connectivity index (χ0n) is 12.1. The molecule has 1 aromatic rings. The van der Waals surface area contributed by atoms with Crippen LogP contribution in [0.25, 0.3) is 0 Å². The fourth-order valence-corrected chi connectivity index (χ4v) is 2.83. The Kier molecular flexibility index (Phi) is 4.77. The van der Waals surface area contributed by atoms with Gasteiger partial charge in [-0.15, -0.1) is 0 Å². The molecule has 0 aromatic heterocycles. The predicted octanol–water partition coefficient (Wildman–Crippen LogP) is 0.635. The quantitative estimate of drug-likeness (QED) is 0.694. The molecule has 0 aliphatic heterocycles. The van der Waals surface area contributed by atoms with Gasteiger partial charge in [-0.1, -0.05) is 0 Å². The van der Waals surface area contributed by atoms with Gasteiger partial charge in [0, 0.05) is 23.3 Å². The van der Waals surface area contributed by atoms with E-state index in [2.05, 4.69) is 10.0 Å². The number of aryl methyl sites for hydroxylation is 1. The van der Waals surface area contributed by atoms with Crippen LogP contribution in [-0.2, 0) is 10.0 Å². The molecule has 0 aliphatic carbocycles. The molecule has 112 valence electrons. The Morgan fingerprint density at radius 1 is 1.35 bits per heavy atom. The SMILES string of the molecule is Cc1cc(C(=O)NCC(C)(C)NS(C)(=O)=O)ccc1N. The van der Waals surface area contributed by atoms with Crippen molar-refractivity contribution in [1.82, 2.24) is 10.0 Å². The van der Waals surface area contributed by atoms with Gasteiger partial charge in [-0.25, -0.2) is 13.1 Å².